The zero-order chi connectivity index (χ0) is 11.9. The van der Waals surface area contributed by atoms with Gasteiger partial charge in [-0.3, -0.25) is 14.1 Å². The summed E-state index contributed by atoms with van der Waals surface area (Å²) in [5, 5.41) is 0. The van der Waals surface area contributed by atoms with Gasteiger partial charge < -0.3 is 0 Å². The minimum atomic E-state index is -4.66. The molecule has 7 heteroatoms. The molecule has 0 saturated heterocycles. The molecule has 0 aromatic heterocycles. The van der Waals surface area contributed by atoms with Crippen molar-refractivity contribution in [2.75, 3.05) is 0 Å². The predicted octanol–water partition coefficient (Wildman–Crippen LogP) is 0.189. The van der Waals surface area contributed by atoms with Gasteiger partial charge in [-0.25, -0.2) is 0 Å². The summed E-state index contributed by atoms with van der Waals surface area (Å²) in [6, 6.07) is 5.84. The average molecular weight is 262 g/mol. The summed E-state index contributed by atoms with van der Waals surface area (Å²) in [7, 11) is -4.66. The molecule has 0 amide bonds. The molecule has 0 spiro atoms. The van der Waals surface area contributed by atoms with Gasteiger partial charge in [-0.05, 0) is 0 Å². The van der Waals surface area contributed by atoms with Crippen LogP contribution in [0.25, 0.3) is 0 Å². The Labute approximate surface area is 120 Å². The first-order valence-corrected chi connectivity index (χ1v) is 5.72. The average Bonchev–Trinajstić information content (AvgIpc) is 2.22. The number of ketones is 2. The summed E-state index contributed by atoms with van der Waals surface area (Å²) in [5.41, 5.74) is 0.127. The van der Waals surface area contributed by atoms with Crippen LogP contribution in [0.5, 0.6) is 0 Å². The van der Waals surface area contributed by atoms with Crippen LogP contribution < -0.4 is 0 Å². The Morgan fingerprint density at radius 1 is 1.00 bits per heavy atom. The topological polar surface area (TPSA) is 88.5 Å². The van der Waals surface area contributed by atoms with E-state index in [1.807, 2.05) is 0 Å². The Morgan fingerprint density at radius 3 is 2.06 bits per heavy atom. The summed E-state index contributed by atoms with van der Waals surface area (Å²) >= 11 is 0. The van der Waals surface area contributed by atoms with Crippen molar-refractivity contribution in [1.82, 2.24) is 0 Å². The van der Waals surface area contributed by atoms with Gasteiger partial charge in [0, 0.05) is 17.2 Å². The molecular weight excluding hydrogens is 255 g/mol. The second-order valence-corrected chi connectivity index (χ2v) is 4.61. The Hall–Kier alpha value is -0.790. The molecule has 17 heavy (non-hydrogen) atoms. The second kappa shape index (κ2) is 4.83. The number of carbonyl (C=O) groups excluding carboxylic acids is 2. The van der Waals surface area contributed by atoms with Crippen molar-refractivity contribution >= 4 is 51.2 Å². The van der Waals surface area contributed by atoms with E-state index in [9.17, 15) is 18.0 Å². The molecule has 1 aromatic rings. The van der Waals surface area contributed by atoms with Crippen molar-refractivity contribution in [2.24, 2.45) is 0 Å². The van der Waals surface area contributed by atoms with Crippen molar-refractivity contribution in [2.45, 2.75) is 0 Å². The summed E-state index contributed by atoms with van der Waals surface area (Å²) in [5.74, 6) is -1.47. The number of Topliss-reactive ketones (excluding diaryl/α,β-unsaturated/α-hetero) is 1. The number of rotatable bonds is 1. The summed E-state index contributed by atoms with van der Waals surface area (Å²) in [4.78, 5) is 22.3. The maximum absolute atomic E-state index is 11.6. The molecule has 1 aliphatic rings. The molecule has 0 saturated carbocycles. The zero-order valence-electron chi connectivity index (χ0n) is 7.88. The maximum atomic E-state index is 11.6. The van der Waals surface area contributed by atoms with Crippen molar-refractivity contribution in [3.8, 4) is 0 Å². The van der Waals surface area contributed by atoms with Crippen LogP contribution in [0.3, 0.4) is 0 Å². The van der Waals surface area contributed by atoms with Crippen LogP contribution in [0.4, 0.5) is 0 Å². The first kappa shape index (κ1) is 14.3. The van der Waals surface area contributed by atoms with Crippen LogP contribution in [-0.4, -0.2) is 54.1 Å². The van der Waals surface area contributed by atoms with Crippen molar-refractivity contribution in [1.29, 1.82) is 0 Å². The van der Waals surface area contributed by atoms with Gasteiger partial charge in [-0.1, -0.05) is 24.3 Å². The Kier molecular flexibility index (Phi) is 4.06. The molecular formula is C10H7NaO5S. The van der Waals surface area contributed by atoms with Crippen LogP contribution in [0.2, 0.25) is 0 Å². The number of allylic oxidation sites excluding steroid dienone is 2. The normalized spacial score (nSPS) is 14.8. The SMILES string of the molecule is O=C1C=C(S(=O)(=O)O)C(=O)c2ccccc21.[NaH]. The predicted molar refractivity (Wildman–Crippen MR) is 61.9 cm³/mol. The van der Waals surface area contributed by atoms with E-state index >= 15 is 0 Å². The molecule has 84 valence electrons. The van der Waals surface area contributed by atoms with E-state index in [1.165, 1.54) is 18.2 Å². The fourth-order valence-corrected chi connectivity index (χ4v) is 2.08. The molecule has 0 heterocycles. The molecule has 0 bridgehead atoms. The number of fused-ring (bicyclic) bond motifs is 1. The summed E-state index contributed by atoms with van der Waals surface area (Å²) in [6.07, 6.45) is 0.639. The van der Waals surface area contributed by atoms with Gasteiger partial charge in [0.05, 0.1) is 0 Å². The van der Waals surface area contributed by atoms with E-state index in [2.05, 4.69) is 0 Å². The van der Waals surface area contributed by atoms with Crippen molar-refractivity contribution in [3.05, 3.63) is 46.4 Å². The molecule has 5 nitrogen and oxygen atoms in total. The third-order valence-corrected chi connectivity index (χ3v) is 3.06. The first-order chi connectivity index (χ1) is 7.41. The number of hydrogen-bond acceptors (Lipinski definition) is 4. The molecule has 1 aromatic carbocycles. The molecule has 0 atom stereocenters. The van der Waals surface area contributed by atoms with Crippen molar-refractivity contribution < 1.29 is 22.6 Å². The first-order valence-electron chi connectivity index (χ1n) is 4.28. The molecule has 0 radical (unpaired) electrons. The van der Waals surface area contributed by atoms with E-state index in [0.717, 1.165) is 0 Å². The van der Waals surface area contributed by atoms with Gasteiger partial charge in [-0.2, -0.15) is 8.42 Å². The Bertz CT molecular complexity index is 630. The Balaban J connectivity index is 0.00000144. The minimum absolute atomic E-state index is 0. The van der Waals surface area contributed by atoms with E-state index < -0.39 is 26.6 Å². The standard InChI is InChI=1S/C10H6O5S.Na.H/c11-8-5-9(16(13,14)15)10(12)7-4-2-1-3-6(7)8;;/h1-5H,(H,13,14,15);;. The molecule has 0 aliphatic heterocycles. The van der Waals surface area contributed by atoms with Gasteiger partial charge >= 0.3 is 29.6 Å². The van der Waals surface area contributed by atoms with E-state index in [-0.39, 0.29) is 40.7 Å². The van der Waals surface area contributed by atoms with Crippen LogP contribution in [0.1, 0.15) is 20.7 Å². The van der Waals surface area contributed by atoms with Gasteiger partial charge in [0.2, 0.25) is 5.78 Å². The third-order valence-electron chi connectivity index (χ3n) is 2.20. The monoisotopic (exact) mass is 262 g/mol. The van der Waals surface area contributed by atoms with Crippen LogP contribution in [-0.2, 0) is 10.1 Å². The summed E-state index contributed by atoms with van der Waals surface area (Å²) in [6.45, 7) is 0. The summed E-state index contributed by atoms with van der Waals surface area (Å²) < 4.78 is 30.5. The van der Waals surface area contributed by atoms with Crippen LogP contribution in [0, 0.1) is 0 Å². The number of hydrogen-bond donors (Lipinski definition) is 1. The molecule has 1 aliphatic carbocycles. The zero-order valence-corrected chi connectivity index (χ0v) is 8.69. The molecule has 2 rings (SSSR count). The van der Waals surface area contributed by atoms with Gasteiger partial charge in [0.1, 0.15) is 4.91 Å². The van der Waals surface area contributed by atoms with Gasteiger partial charge in [-0.15, -0.1) is 0 Å². The van der Waals surface area contributed by atoms with Gasteiger partial charge in [0.15, 0.2) is 5.78 Å². The fourth-order valence-electron chi connectivity index (χ4n) is 1.48. The van der Waals surface area contributed by atoms with Gasteiger partial charge in [0.25, 0.3) is 10.1 Å². The molecule has 1 N–H and O–H groups in total. The van der Waals surface area contributed by atoms with Crippen LogP contribution in [0.15, 0.2) is 35.2 Å². The van der Waals surface area contributed by atoms with E-state index in [1.54, 1.807) is 6.07 Å². The van der Waals surface area contributed by atoms with E-state index in [0.29, 0.717) is 6.08 Å². The van der Waals surface area contributed by atoms with Crippen LogP contribution >= 0.6 is 0 Å². The Morgan fingerprint density at radius 2 is 1.53 bits per heavy atom. The van der Waals surface area contributed by atoms with Crippen molar-refractivity contribution in [3.63, 3.8) is 0 Å². The number of benzene rings is 1. The molecule has 0 fully saturated rings. The van der Waals surface area contributed by atoms with E-state index in [4.69, 9.17) is 4.55 Å². The quantitative estimate of drug-likeness (QED) is 0.576. The number of carbonyl (C=O) groups is 2. The fraction of sp³-hybridized carbons (Fsp3) is 0. The third kappa shape index (κ3) is 2.56. The molecule has 0 unspecified atom stereocenters. The second-order valence-electron chi connectivity index (χ2n) is 3.22.